The molecule has 0 aliphatic carbocycles. The normalized spacial score (nSPS) is 10.4. The van der Waals surface area contributed by atoms with E-state index in [4.69, 9.17) is 0 Å². The van der Waals surface area contributed by atoms with Gasteiger partial charge in [-0.15, -0.1) is 0 Å². The lowest BCUT2D eigenvalue weighted by atomic mass is 10.2. The molecule has 21 heavy (non-hydrogen) atoms. The molecule has 0 spiro atoms. The standard InChI is InChI=1S/C16H15F2NOS/c17-13-7-4-8-14(18)16(13)19-15(20)9-10-21-11-12-5-2-1-3-6-12/h1-8H,9-11H2,(H,19,20). The summed E-state index contributed by atoms with van der Waals surface area (Å²) in [6.45, 7) is 0. The van der Waals surface area contributed by atoms with E-state index in [0.29, 0.717) is 5.75 Å². The summed E-state index contributed by atoms with van der Waals surface area (Å²) in [5.41, 5.74) is 0.804. The molecule has 2 aromatic rings. The van der Waals surface area contributed by atoms with E-state index in [-0.39, 0.29) is 18.0 Å². The fraction of sp³-hybridized carbons (Fsp3) is 0.188. The summed E-state index contributed by atoms with van der Waals surface area (Å²) >= 11 is 1.61. The lowest BCUT2D eigenvalue weighted by Crippen LogP contribution is -2.14. The van der Waals surface area contributed by atoms with Crippen molar-refractivity contribution in [3.63, 3.8) is 0 Å². The third-order valence-electron chi connectivity index (χ3n) is 2.81. The highest BCUT2D eigenvalue weighted by atomic mass is 32.2. The molecule has 1 N–H and O–H groups in total. The Morgan fingerprint density at radius 3 is 2.33 bits per heavy atom. The SMILES string of the molecule is O=C(CCSCc1ccccc1)Nc1c(F)cccc1F. The van der Waals surface area contributed by atoms with E-state index in [2.05, 4.69) is 5.32 Å². The second-order valence-electron chi connectivity index (χ2n) is 4.43. The Balaban J connectivity index is 1.75. The Kier molecular flexibility index (Phi) is 5.75. The molecule has 0 saturated heterocycles. The summed E-state index contributed by atoms with van der Waals surface area (Å²) in [6.07, 6.45) is 0.214. The Morgan fingerprint density at radius 2 is 1.67 bits per heavy atom. The van der Waals surface area contributed by atoms with Crippen molar-refractivity contribution in [1.29, 1.82) is 0 Å². The van der Waals surface area contributed by atoms with Crippen molar-refractivity contribution in [3.05, 3.63) is 65.7 Å². The van der Waals surface area contributed by atoms with Crippen molar-refractivity contribution >= 4 is 23.4 Å². The Bertz CT molecular complexity index is 584. The van der Waals surface area contributed by atoms with Crippen LogP contribution < -0.4 is 5.32 Å². The van der Waals surface area contributed by atoms with Crippen molar-refractivity contribution in [2.75, 3.05) is 11.1 Å². The summed E-state index contributed by atoms with van der Waals surface area (Å²) in [6, 6.07) is 13.4. The van der Waals surface area contributed by atoms with E-state index in [1.165, 1.54) is 11.6 Å². The summed E-state index contributed by atoms with van der Waals surface area (Å²) < 4.78 is 26.7. The molecule has 0 radical (unpaired) electrons. The van der Waals surface area contributed by atoms with Gasteiger partial charge in [0.1, 0.15) is 17.3 Å². The van der Waals surface area contributed by atoms with Crippen LogP contribution in [0.3, 0.4) is 0 Å². The number of halogens is 2. The highest BCUT2D eigenvalue weighted by molar-refractivity contribution is 7.98. The molecule has 0 heterocycles. The van der Waals surface area contributed by atoms with Crippen LogP contribution in [0.1, 0.15) is 12.0 Å². The lowest BCUT2D eigenvalue weighted by molar-refractivity contribution is -0.115. The number of thioether (sulfide) groups is 1. The zero-order valence-electron chi connectivity index (χ0n) is 11.3. The quantitative estimate of drug-likeness (QED) is 0.809. The van der Waals surface area contributed by atoms with Gasteiger partial charge in [-0.2, -0.15) is 11.8 Å². The molecule has 2 rings (SSSR count). The average Bonchev–Trinajstić information content (AvgIpc) is 2.49. The molecular formula is C16H15F2NOS. The Morgan fingerprint density at radius 1 is 1.00 bits per heavy atom. The minimum absolute atomic E-state index is 0.214. The van der Waals surface area contributed by atoms with Crippen LogP contribution in [0.4, 0.5) is 14.5 Å². The first-order chi connectivity index (χ1) is 10.2. The van der Waals surface area contributed by atoms with Crippen LogP contribution in [0.2, 0.25) is 0 Å². The summed E-state index contributed by atoms with van der Waals surface area (Å²) in [5.74, 6) is -0.515. The number of hydrogen-bond donors (Lipinski definition) is 1. The maximum absolute atomic E-state index is 13.4. The highest BCUT2D eigenvalue weighted by Crippen LogP contribution is 2.19. The second-order valence-corrected chi connectivity index (χ2v) is 5.54. The highest BCUT2D eigenvalue weighted by Gasteiger charge is 2.11. The Labute approximate surface area is 126 Å². The number of benzene rings is 2. The molecule has 110 valence electrons. The van der Waals surface area contributed by atoms with E-state index >= 15 is 0 Å². The summed E-state index contributed by atoms with van der Waals surface area (Å²) in [7, 11) is 0. The van der Waals surface area contributed by atoms with E-state index < -0.39 is 11.6 Å². The molecule has 1 amide bonds. The Hall–Kier alpha value is -1.88. The van der Waals surface area contributed by atoms with Gasteiger partial charge >= 0.3 is 0 Å². The van der Waals surface area contributed by atoms with E-state index in [1.807, 2.05) is 30.3 Å². The van der Waals surface area contributed by atoms with Crippen LogP contribution in [0.5, 0.6) is 0 Å². The molecule has 0 saturated carbocycles. The summed E-state index contributed by atoms with van der Waals surface area (Å²) in [5, 5.41) is 2.27. The van der Waals surface area contributed by atoms with Crippen molar-refractivity contribution in [2.45, 2.75) is 12.2 Å². The van der Waals surface area contributed by atoms with E-state index in [1.54, 1.807) is 11.8 Å². The first-order valence-corrected chi connectivity index (χ1v) is 7.68. The van der Waals surface area contributed by atoms with E-state index in [0.717, 1.165) is 17.9 Å². The second kappa shape index (κ2) is 7.78. The van der Waals surface area contributed by atoms with Crippen molar-refractivity contribution in [2.24, 2.45) is 0 Å². The van der Waals surface area contributed by atoms with Gasteiger partial charge in [-0.05, 0) is 17.7 Å². The molecule has 2 aromatic carbocycles. The van der Waals surface area contributed by atoms with Crippen LogP contribution in [-0.4, -0.2) is 11.7 Å². The third-order valence-corrected chi connectivity index (χ3v) is 3.84. The maximum Gasteiger partial charge on any atom is 0.225 e. The number of carbonyl (C=O) groups is 1. The number of rotatable bonds is 6. The van der Waals surface area contributed by atoms with Gasteiger partial charge in [0, 0.05) is 17.9 Å². The van der Waals surface area contributed by atoms with Crippen molar-refractivity contribution in [3.8, 4) is 0 Å². The maximum atomic E-state index is 13.4. The van der Waals surface area contributed by atoms with Crippen LogP contribution in [0, 0.1) is 11.6 Å². The van der Waals surface area contributed by atoms with Gasteiger partial charge < -0.3 is 5.32 Å². The van der Waals surface area contributed by atoms with Crippen LogP contribution in [-0.2, 0) is 10.5 Å². The monoisotopic (exact) mass is 307 g/mol. The number of hydrogen-bond acceptors (Lipinski definition) is 2. The lowest BCUT2D eigenvalue weighted by Gasteiger charge is -2.07. The van der Waals surface area contributed by atoms with Gasteiger partial charge in [-0.1, -0.05) is 36.4 Å². The molecule has 0 aromatic heterocycles. The van der Waals surface area contributed by atoms with Crippen LogP contribution in [0.25, 0.3) is 0 Å². The first kappa shape index (κ1) is 15.5. The predicted molar refractivity (Wildman–Crippen MR) is 82.2 cm³/mol. The minimum Gasteiger partial charge on any atom is -0.321 e. The molecule has 5 heteroatoms. The van der Waals surface area contributed by atoms with Gasteiger partial charge in [0.05, 0.1) is 0 Å². The molecule has 0 atom stereocenters. The van der Waals surface area contributed by atoms with Crippen molar-refractivity contribution in [1.82, 2.24) is 0 Å². The first-order valence-electron chi connectivity index (χ1n) is 6.52. The summed E-state index contributed by atoms with van der Waals surface area (Å²) in [4.78, 5) is 11.7. The number of carbonyl (C=O) groups excluding carboxylic acids is 1. The van der Waals surface area contributed by atoms with Crippen LogP contribution >= 0.6 is 11.8 Å². The molecule has 0 unspecified atom stereocenters. The number of nitrogens with one attached hydrogen (secondary N) is 1. The molecule has 0 bridgehead atoms. The topological polar surface area (TPSA) is 29.1 Å². The average molecular weight is 307 g/mol. The molecule has 0 aliphatic rings. The fourth-order valence-corrected chi connectivity index (χ4v) is 2.65. The zero-order valence-corrected chi connectivity index (χ0v) is 12.1. The molecular weight excluding hydrogens is 292 g/mol. The zero-order chi connectivity index (χ0) is 15.1. The van der Waals surface area contributed by atoms with Gasteiger partial charge in [0.25, 0.3) is 0 Å². The van der Waals surface area contributed by atoms with Crippen molar-refractivity contribution < 1.29 is 13.6 Å². The van der Waals surface area contributed by atoms with Gasteiger partial charge in [-0.3, -0.25) is 4.79 Å². The number of anilines is 1. The third kappa shape index (κ3) is 4.86. The number of amides is 1. The van der Waals surface area contributed by atoms with E-state index in [9.17, 15) is 13.6 Å². The molecule has 0 fully saturated rings. The smallest absolute Gasteiger partial charge is 0.225 e. The number of para-hydroxylation sites is 1. The van der Waals surface area contributed by atoms with Gasteiger partial charge in [0.2, 0.25) is 5.91 Å². The predicted octanol–water partition coefficient (Wildman–Crippen LogP) is 4.23. The largest absolute Gasteiger partial charge is 0.321 e. The molecule has 0 aliphatic heterocycles. The van der Waals surface area contributed by atoms with Gasteiger partial charge in [0.15, 0.2) is 0 Å². The minimum atomic E-state index is -0.764. The van der Waals surface area contributed by atoms with Crippen LogP contribution in [0.15, 0.2) is 48.5 Å². The van der Waals surface area contributed by atoms with Gasteiger partial charge in [-0.25, -0.2) is 8.78 Å². The fourth-order valence-electron chi connectivity index (χ4n) is 1.75. The molecule has 2 nitrogen and oxygen atoms in total.